The molecule has 0 aliphatic rings. The monoisotopic (exact) mass is 367 g/mol. The van der Waals surface area contributed by atoms with E-state index in [1.165, 1.54) is 11.3 Å². The molecule has 1 aromatic carbocycles. The fraction of sp³-hybridized carbons (Fsp3) is 0.222. The zero-order chi connectivity index (χ0) is 18.7. The molecule has 0 radical (unpaired) electrons. The van der Waals surface area contributed by atoms with Crippen LogP contribution in [0.25, 0.3) is 0 Å². The SMILES string of the molecule is CC(C)(C)c1cc(NC(=O)c2csc(Nc3ccc(C#N)cc3)n2)no1. The summed E-state index contributed by atoms with van der Waals surface area (Å²) in [6.07, 6.45) is 0. The van der Waals surface area contributed by atoms with Gasteiger partial charge in [-0.2, -0.15) is 5.26 Å². The first kappa shape index (κ1) is 17.6. The molecule has 1 amide bonds. The molecule has 0 bridgehead atoms. The fourth-order valence-corrected chi connectivity index (χ4v) is 2.77. The van der Waals surface area contributed by atoms with Gasteiger partial charge in [0.15, 0.2) is 10.9 Å². The van der Waals surface area contributed by atoms with E-state index in [2.05, 4.69) is 26.8 Å². The number of hydrogen-bond acceptors (Lipinski definition) is 7. The summed E-state index contributed by atoms with van der Waals surface area (Å²) in [4.78, 5) is 16.6. The summed E-state index contributed by atoms with van der Waals surface area (Å²) in [5.41, 5.74) is 1.47. The number of nitrogens with zero attached hydrogens (tertiary/aromatic N) is 3. The van der Waals surface area contributed by atoms with Gasteiger partial charge in [-0.15, -0.1) is 11.3 Å². The molecule has 132 valence electrons. The lowest BCUT2D eigenvalue weighted by molar-refractivity contribution is 0.102. The largest absolute Gasteiger partial charge is 0.359 e. The molecule has 26 heavy (non-hydrogen) atoms. The number of nitrogens with one attached hydrogen (secondary N) is 2. The van der Waals surface area contributed by atoms with Crippen molar-refractivity contribution < 1.29 is 9.32 Å². The first-order valence-electron chi connectivity index (χ1n) is 7.86. The van der Waals surface area contributed by atoms with Gasteiger partial charge in [0.25, 0.3) is 5.91 Å². The lowest BCUT2D eigenvalue weighted by Crippen LogP contribution is -2.13. The van der Waals surface area contributed by atoms with Crippen molar-refractivity contribution in [2.45, 2.75) is 26.2 Å². The number of rotatable bonds is 4. The second kappa shape index (κ2) is 6.98. The number of anilines is 3. The van der Waals surface area contributed by atoms with Gasteiger partial charge in [0.2, 0.25) is 0 Å². The van der Waals surface area contributed by atoms with Crippen molar-refractivity contribution in [3.8, 4) is 6.07 Å². The standard InChI is InChI=1S/C18H17N5O2S/c1-18(2,3)14-8-15(23-25-14)22-16(24)13-10-26-17(21-13)20-12-6-4-11(9-19)5-7-12/h4-8,10H,1-3H3,(H,20,21)(H,22,23,24). The number of hydrogen-bond donors (Lipinski definition) is 2. The van der Waals surface area contributed by atoms with Gasteiger partial charge < -0.3 is 15.2 Å². The van der Waals surface area contributed by atoms with Gasteiger partial charge in [-0.3, -0.25) is 4.79 Å². The third kappa shape index (κ3) is 4.07. The van der Waals surface area contributed by atoms with Crippen molar-refractivity contribution in [2.24, 2.45) is 0 Å². The summed E-state index contributed by atoms with van der Waals surface area (Å²) in [6.45, 7) is 6.00. The summed E-state index contributed by atoms with van der Waals surface area (Å²) in [7, 11) is 0. The maximum absolute atomic E-state index is 12.3. The van der Waals surface area contributed by atoms with E-state index in [0.29, 0.717) is 22.3 Å². The molecule has 0 aliphatic carbocycles. The Morgan fingerprint density at radius 1 is 1.27 bits per heavy atom. The zero-order valence-electron chi connectivity index (χ0n) is 14.5. The van der Waals surface area contributed by atoms with Gasteiger partial charge in [-0.1, -0.05) is 25.9 Å². The first-order valence-corrected chi connectivity index (χ1v) is 8.74. The number of benzene rings is 1. The van der Waals surface area contributed by atoms with Crippen LogP contribution in [0, 0.1) is 11.3 Å². The van der Waals surface area contributed by atoms with Crippen LogP contribution in [0.5, 0.6) is 0 Å². The van der Waals surface area contributed by atoms with Crippen LogP contribution in [0.4, 0.5) is 16.6 Å². The number of carbonyl (C=O) groups is 1. The Morgan fingerprint density at radius 3 is 2.62 bits per heavy atom. The van der Waals surface area contributed by atoms with Crippen LogP contribution in [0.1, 0.15) is 42.6 Å². The number of carbonyl (C=O) groups excluding carboxylic acids is 1. The van der Waals surface area contributed by atoms with Crippen molar-refractivity contribution in [3.63, 3.8) is 0 Å². The summed E-state index contributed by atoms with van der Waals surface area (Å²) in [5, 5.41) is 20.7. The normalized spacial score (nSPS) is 11.0. The molecular formula is C18H17N5O2S. The number of aromatic nitrogens is 2. The molecule has 8 heteroatoms. The second-order valence-electron chi connectivity index (χ2n) is 6.63. The Bertz CT molecular complexity index is 961. The third-order valence-corrected chi connectivity index (χ3v) is 4.25. The Labute approximate surface area is 154 Å². The minimum Gasteiger partial charge on any atom is -0.359 e. The highest BCUT2D eigenvalue weighted by atomic mass is 32.1. The van der Waals surface area contributed by atoms with Crippen molar-refractivity contribution in [2.75, 3.05) is 10.6 Å². The highest BCUT2D eigenvalue weighted by Gasteiger charge is 2.21. The van der Waals surface area contributed by atoms with E-state index in [0.717, 1.165) is 5.69 Å². The molecule has 2 N–H and O–H groups in total. The van der Waals surface area contributed by atoms with Crippen LogP contribution in [0.3, 0.4) is 0 Å². The highest BCUT2D eigenvalue weighted by molar-refractivity contribution is 7.14. The van der Waals surface area contributed by atoms with Crippen LogP contribution in [0.15, 0.2) is 40.2 Å². The van der Waals surface area contributed by atoms with E-state index in [1.54, 1.807) is 35.7 Å². The number of thiazole rings is 1. The predicted octanol–water partition coefficient (Wildman–Crippen LogP) is 4.30. The van der Waals surface area contributed by atoms with Crippen LogP contribution in [-0.4, -0.2) is 16.0 Å². The van der Waals surface area contributed by atoms with Crippen LogP contribution >= 0.6 is 11.3 Å². The Hall–Kier alpha value is -3.18. The Balaban J connectivity index is 1.66. The number of amides is 1. The van der Waals surface area contributed by atoms with E-state index in [4.69, 9.17) is 9.78 Å². The van der Waals surface area contributed by atoms with E-state index in [1.807, 2.05) is 20.8 Å². The molecule has 0 spiro atoms. The van der Waals surface area contributed by atoms with Crippen molar-refractivity contribution in [3.05, 3.63) is 52.7 Å². The molecule has 7 nitrogen and oxygen atoms in total. The predicted molar refractivity (Wildman–Crippen MR) is 99.7 cm³/mol. The van der Waals surface area contributed by atoms with Gasteiger partial charge in [0.05, 0.1) is 11.6 Å². The summed E-state index contributed by atoms with van der Waals surface area (Å²) in [5.74, 6) is 0.687. The first-order chi connectivity index (χ1) is 12.3. The molecule has 2 aromatic heterocycles. The maximum Gasteiger partial charge on any atom is 0.276 e. The lowest BCUT2D eigenvalue weighted by atomic mass is 9.93. The molecule has 0 saturated heterocycles. The van der Waals surface area contributed by atoms with Crippen molar-refractivity contribution in [1.82, 2.24) is 10.1 Å². The molecule has 0 unspecified atom stereocenters. The summed E-state index contributed by atoms with van der Waals surface area (Å²) < 4.78 is 5.25. The fourth-order valence-electron chi connectivity index (χ4n) is 2.05. The molecule has 3 aromatic rings. The molecular weight excluding hydrogens is 350 g/mol. The van der Waals surface area contributed by atoms with Gasteiger partial charge in [0.1, 0.15) is 11.5 Å². The van der Waals surface area contributed by atoms with Crippen molar-refractivity contribution >= 4 is 33.9 Å². The van der Waals surface area contributed by atoms with E-state index < -0.39 is 0 Å². The smallest absolute Gasteiger partial charge is 0.276 e. The lowest BCUT2D eigenvalue weighted by Gasteiger charge is -2.11. The summed E-state index contributed by atoms with van der Waals surface area (Å²) in [6, 6.07) is 10.8. The van der Waals surface area contributed by atoms with Crippen LogP contribution in [-0.2, 0) is 5.41 Å². The summed E-state index contributed by atoms with van der Waals surface area (Å²) >= 11 is 1.31. The van der Waals surface area contributed by atoms with E-state index in [9.17, 15) is 4.79 Å². The van der Waals surface area contributed by atoms with Gasteiger partial charge in [-0.05, 0) is 24.3 Å². The van der Waals surface area contributed by atoms with Crippen LogP contribution in [0.2, 0.25) is 0 Å². The average molecular weight is 367 g/mol. The highest BCUT2D eigenvalue weighted by Crippen LogP contribution is 2.25. The molecule has 0 atom stereocenters. The number of nitriles is 1. The van der Waals surface area contributed by atoms with Gasteiger partial charge in [0, 0.05) is 22.5 Å². The third-order valence-electron chi connectivity index (χ3n) is 3.49. The van der Waals surface area contributed by atoms with Gasteiger partial charge >= 0.3 is 0 Å². The molecule has 2 heterocycles. The van der Waals surface area contributed by atoms with E-state index >= 15 is 0 Å². The van der Waals surface area contributed by atoms with Crippen LogP contribution < -0.4 is 10.6 Å². The second-order valence-corrected chi connectivity index (χ2v) is 7.49. The minimum absolute atomic E-state index is 0.186. The Kier molecular flexibility index (Phi) is 4.73. The molecule has 3 rings (SSSR count). The zero-order valence-corrected chi connectivity index (χ0v) is 15.3. The quantitative estimate of drug-likeness (QED) is 0.712. The maximum atomic E-state index is 12.3. The van der Waals surface area contributed by atoms with Crippen molar-refractivity contribution in [1.29, 1.82) is 5.26 Å². The molecule has 0 fully saturated rings. The molecule has 0 saturated carbocycles. The van der Waals surface area contributed by atoms with Gasteiger partial charge in [-0.25, -0.2) is 4.98 Å². The molecule has 0 aliphatic heterocycles. The average Bonchev–Trinajstić information content (AvgIpc) is 3.25. The topological polar surface area (TPSA) is 104 Å². The Morgan fingerprint density at radius 2 is 2.00 bits per heavy atom. The minimum atomic E-state index is -0.358. The van der Waals surface area contributed by atoms with E-state index in [-0.39, 0.29) is 17.0 Å².